The number of rotatable bonds is 4. The lowest BCUT2D eigenvalue weighted by molar-refractivity contribution is -0.383. The highest BCUT2D eigenvalue weighted by Crippen LogP contribution is 2.29. The van der Waals surface area contributed by atoms with Crippen LogP contribution in [-0.2, 0) is 0 Å². The number of nitrogens with zero attached hydrogens (tertiary/aromatic N) is 2. The van der Waals surface area contributed by atoms with E-state index in [4.69, 9.17) is 0 Å². The Bertz CT molecular complexity index is 798. The van der Waals surface area contributed by atoms with Crippen molar-refractivity contribution in [2.75, 3.05) is 13.1 Å². The van der Waals surface area contributed by atoms with Crippen molar-refractivity contribution in [2.24, 2.45) is 5.92 Å². The number of amides is 1. The molecule has 0 aliphatic carbocycles. The summed E-state index contributed by atoms with van der Waals surface area (Å²) in [6, 6.07) is 6.47. The summed E-state index contributed by atoms with van der Waals surface area (Å²) in [7, 11) is 0. The third-order valence-electron chi connectivity index (χ3n) is 4.75. The molecule has 25 heavy (non-hydrogen) atoms. The Hall–Kier alpha value is -2.41. The molecule has 1 aromatic carbocycles. The minimum atomic E-state index is -0.688. The topological polar surface area (TPSA) is 99.5 Å². The van der Waals surface area contributed by atoms with Crippen molar-refractivity contribution in [3.63, 3.8) is 0 Å². The van der Waals surface area contributed by atoms with Gasteiger partial charge in [0, 0.05) is 24.5 Å². The molecule has 1 aliphatic rings. The van der Waals surface area contributed by atoms with Crippen LogP contribution in [0.15, 0.2) is 24.3 Å². The van der Waals surface area contributed by atoms with Crippen LogP contribution < -0.4 is 0 Å². The molecule has 3 rings (SSSR count). The third kappa shape index (κ3) is 3.82. The highest BCUT2D eigenvalue weighted by Gasteiger charge is 2.28. The van der Waals surface area contributed by atoms with Gasteiger partial charge >= 0.3 is 0 Å². The summed E-state index contributed by atoms with van der Waals surface area (Å²) < 4.78 is 0. The first-order chi connectivity index (χ1) is 11.7. The van der Waals surface area contributed by atoms with Gasteiger partial charge in [0.25, 0.3) is 11.6 Å². The number of non-ortho nitro benzene ring substituents is 1. The second kappa shape index (κ2) is 6.48. The number of nitro benzene ring substituents is 1. The van der Waals surface area contributed by atoms with E-state index in [1.807, 2.05) is 13.8 Å². The zero-order valence-electron chi connectivity index (χ0n) is 14.5. The van der Waals surface area contributed by atoms with Crippen LogP contribution in [0.4, 0.5) is 5.69 Å². The number of piperidine rings is 1. The lowest BCUT2D eigenvalue weighted by atomic mass is 9.86. The maximum absolute atomic E-state index is 12.7. The fourth-order valence-electron chi connectivity index (χ4n) is 3.62. The van der Waals surface area contributed by atoms with Gasteiger partial charge in [-0.25, -0.2) is 0 Å². The molecule has 2 aromatic rings. The Balaban J connectivity index is 1.73. The summed E-state index contributed by atoms with van der Waals surface area (Å²) in [5.41, 5.74) is 0.0471. The normalized spacial score (nSPS) is 16.4. The van der Waals surface area contributed by atoms with Crippen LogP contribution in [0.3, 0.4) is 0 Å². The van der Waals surface area contributed by atoms with Crippen LogP contribution in [0.2, 0.25) is 0 Å². The average molecular weight is 345 g/mol. The van der Waals surface area contributed by atoms with Crippen LogP contribution >= 0.6 is 0 Å². The van der Waals surface area contributed by atoms with Gasteiger partial charge in [-0.1, -0.05) is 12.1 Å². The van der Waals surface area contributed by atoms with Gasteiger partial charge in [-0.2, -0.15) is 0 Å². The Morgan fingerprint density at radius 1 is 1.40 bits per heavy atom. The molecule has 1 aromatic heterocycles. The van der Waals surface area contributed by atoms with Crippen LogP contribution in [0.5, 0.6) is 0 Å². The van der Waals surface area contributed by atoms with E-state index in [0.29, 0.717) is 35.6 Å². The zero-order chi connectivity index (χ0) is 18.2. The van der Waals surface area contributed by atoms with Gasteiger partial charge < -0.3 is 15.0 Å². The Morgan fingerprint density at radius 3 is 2.68 bits per heavy atom. The molecule has 7 heteroatoms. The van der Waals surface area contributed by atoms with Crippen LogP contribution in [0.25, 0.3) is 10.9 Å². The Kier molecular flexibility index (Phi) is 4.51. The molecule has 0 spiro atoms. The lowest BCUT2D eigenvalue weighted by Gasteiger charge is -2.34. The quantitative estimate of drug-likeness (QED) is 0.657. The fourth-order valence-corrected chi connectivity index (χ4v) is 3.62. The highest BCUT2D eigenvalue weighted by atomic mass is 16.6. The van der Waals surface area contributed by atoms with Crippen molar-refractivity contribution in [1.29, 1.82) is 0 Å². The number of fused-ring (bicyclic) bond motifs is 1. The first-order valence-corrected chi connectivity index (χ1v) is 8.52. The summed E-state index contributed by atoms with van der Waals surface area (Å²) in [5.74, 6) is 0.278. The largest absolute Gasteiger partial charge is 0.390 e. The molecule has 0 atom stereocenters. The van der Waals surface area contributed by atoms with Crippen LogP contribution in [0.1, 0.15) is 43.6 Å². The lowest BCUT2D eigenvalue weighted by Crippen LogP contribution is -2.40. The molecule has 0 bridgehead atoms. The van der Waals surface area contributed by atoms with Gasteiger partial charge in [-0.05, 0) is 45.1 Å². The molecule has 7 nitrogen and oxygen atoms in total. The van der Waals surface area contributed by atoms with Crippen LogP contribution in [-0.4, -0.2) is 44.5 Å². The number of H-pyrrole nitrogens is 1. The van der Waals surface area contributed by atoms with E-state index in [9.17, 15) is 20.0 Å². The molecule has 1 saturated heterocycles. The fraction of sp³-hybridized carbons (Fsp3) is 0.500. The SMILES string of the molecule is CC(C)(O)CC1CCN(C(=O)c2cc3cccc([N+](=O)[O-])c3[nH]2)CC1. The Morgan fingerprint density at radius 2 is 2.08 bits per heavy atom. The second-order valence-corrected chi connectivity index (χ2v) is 7.43. The van der Waals surface area contributed by atoms with Crippen LogP contribution in [0, 0.1) is 16.0 Å². The van der Waals surface area contributed by atoms with E-state index in [1.165, 1.54) is 6.07 Å². The molecule has 2 N–H and O–H groups in total. The van der Waals surface area contributed by atoms with E-state index >= 15 is 0 Å². The molecule has 0 unspecified atom stereocenters. The monoisotopic (exact) mass is 345 g/mol. The Labute approximate surface area is 145 Å². The van der Waals surface area contributed by atoms with Gasteiger partial charge in [-0.15, -0.1) is 0 Å². The van der Waals surface area contributed by atoms with Gasteiger partial charge in [0.15, 0.2) is 0 Å². The predicted octanol–water partition coefficient (Wildman–Crippen LogP) is 3.09. The van der Waals surface area contributed by atoms with Gasteiger partial charge in [0.05, 0.1) is 10.5 Å². The van der Waals surface area contributed by atoms with E-state index in [-0.39, 0.29) is 11.6 Å². The molecule has 2 heterocycles. The second-order valence-electron chi connectivity index (χ2n) is 7.43. The molecular formula is C18H23N3O4. The molecule has 0 radical (unpaired) electrons. The molecular weight excluding hydrogens is 322 g/mol. The van der Waals surface area contributed by atoms with Crippen molar-refractivity contribution in [3.8, 4) is 0 Å². The standard InChI is InChI=1S/C18H23N3O4/c1-18(2,23)11-12-6-8-20(9-7-12)17(22)14-10-13-4-3-5-15(21(24)25)16(13)19-14/h3-5,10,12,19,23H,6-9,11H2,1-2H3. The van der Waals surface area contributed by atoms with E-state index < -0.39 is 10.5 Å². The molecule has 1 aliphatic heterocycles. The maximum atomic E-state index is 12.7. The number of carbonyl (C=O) groups excluding carboxylic acids is 1. The number of nitrogens with one attached hydrogen (secondary N) is 1. The number of aliphatic hydroxyl groups is 1. The number of carbonyl (C=O) groups is 1. The minimum Gasteiger partial charge on any atom is -0.390 e. The molecule has 134 valence electrons. The van der Waals surface area contributed by atoms with Crippen molar-refractivity contribution in [2.45, 2.75) is 38.7 Å². The van der Waals surface area contributed by atoms with Crippen molar-refractivity contribution in [3.05, 3.63) is 40.1 Å². The number of likely N-dealkylation sites (tertiary alicyclic amines) is 1. The summed E-state index contributed by atoms with van der Waals surface area (Å²) in [6.07, 6.45) is 2.44. The number of aromatic amines is 1. The first-order valence-electron chi connectivity index (χ1n) is 8.52. The highest BCUT2D eigenvalue weighted by molar-refractivity contribution is 6.00. The maximum Gasteiger partial charge on any atom is 0.293 e. The molecule has 1 amide bonds. The van der Waals surface area contributed by atoms with Crippen molar-refractivity contribution in [1.82, 2.24) is 9.88 Å². The van der Waals surface area contributed by atoms with Crippen molar-refractivity contribution < 1.29 is 14.8 Å². The zero-order valence-corrected chi connectivity index (χ0v) is 14.5. The predicted molar refractivity (Wildman–Crippen MR) is 94.5 cm³/mol. The van der Waals surface area contributed by atoms with E-state index in [2.05, 4.69) is 4.98 Å². The van der Waals surface area contributed by atoms with E-state index in [1.54, 1.807) is 23.1 Å². The number of aromatic nitrogens is 1. The minimum absolute atomic E-state index is 0.0274. The smallest absolute Gasteiger partial charge is 0.293 e. The average Bonchev–Trinajstić information content (AvgIpc) is 2.97. The number of nitro groups is 1. The summed E-state index contributed by atoms with van der Waals surface area (Å²) >= 11 is 0. The summed E-state index contributed by atoms with van der Waals surface area (Å²) in [4.78, 5) is 28.1. The molecule has 1 fully saturated rings. The number of hydrogen-bond acceptors (Lipinski definition) is 4. The van der Waals surface area contributed by atoms with Gasteiger partial charge in [-0.3, -0.25) is 14.9 Å². The van der Waals surface area contributed by atoms with Crippen molar-refractivity contribution >= 4 is 22.5 Å². The van der Waals surface area contributed by atoms with E-state index in [0.717, 1.165) is 19.3 Å². The number of hydrogen-bond donors (Lipinski definition) is 2. The number of para-hydroxylation sites is 1. The van der Waals surface area contributed by atoms with Gasteiger partial charge in [0.1, 0.15) is 11.2 Å². The molecule has 0 saturated carbocycles. The first kappa shape index (κ1) is 17.4. The third-order valence-corrected chi connectivity index (χ3v) is 4.75. The summed E-state index contributed by atoms with van der Waals surface area (Å²) in [6.45, 7) is 4.89. The number of benzene rings is 1. The summed E-state index contributed by atoms with van der Waals surface area (Å²) in [5, 5.41) is 21.7. The van der Waals surface area contributed by atoms with Gasteiger partial charge in [0.2, 0.25) is 0 Å².